The second-order valence-electron chi connectivity index (χ2n) is 6.28. The van der Waals surface area contributed by atoms with E-state index in [0.717, 1.165) is 22.3 Å². The Hall–Kier alpha value is -3.20. The highest BCUT2D eigenvalue weighted by Crippen LogP contribution is 2.24. The monoisotopic (exact) mass is 344 g/mol. The first-order valence-electron chi connectivity index (χ1n) is 8.47. The summed E-state index contributed by atoms with van der Waals surface area (Å²) in [7, 11) is 0. The number of ether oxygens (including phenoxy) is 1. The van der Waals surface area contributed by atoms with Crippen LogP contribution in [0, 0.1) is 13.8 Å². The van der Waals surface area contributed by atoms with Gasteiger partial charge in [0.2, 0.25) is 0 Å². The van der Waals surface area contributed by atoms with Gasteiger partial charge in [0.1, 0.15) is 0 Å². The molecule has 3 heteroatoms. The molecule has 0 aromatic heterocycles. The molecule has 0 atom stereocenters. The fraction of sp³-hybridized carbons (Fsp3) is 0.130. The molecule has 0 fully saturated rings. The normalized spacial score (nSPS) is 10.4. The number of rotatable bonds is 5. The number of esters is 1. The van der Waals surface area contributed by atoms with Crippen LogP contribution in [0.2, 0.25) is 0 Å². The SMILES string of the molecule is Cc1ccc(C(=O)COC(=O)c2ccccc2-c2ccc(C)cc2)cc1. The van der Waals surface area contributed by atoms with Crippen molar-refractivity contribution in [1.82, 2.24) is 0 Å². The minimum absolute atomic E-state index is 0.217. The summed E-state index contributed by atoms with van der Waals surface area (Å²) in [5.41, 5.74) is 4.94. The lowest BCUT2D eigenvalue weighted by Crippen LogP contribution is -2.15. The molecule has 0 heterocycles. The summed E-state index contributed by atoms with van der Waals surface area (Å²) in [5.74, 6) is -0.715. The summed E-state index contributed by atoms with van der Waals surface area (Å²) in [6.45, 7) is 3.70. The number of Topliss-reactive ketones (excluding diaryl/α,β-unsaturated/α-hetero) is 1. The summed E-state index contributed by atoms with van der Waals surface area (Å²) in [5, 5.41) is 0. The quantitative estimate of drug-likeness (QED) is 0.483. The van der Waals surface area contributed by atoms with Crippen molar-refractivity contribution < 1.29 is 14.3 Å². The van der Waals surface area contributed by atoms with Gasteiger partial charge >= 0.3 is 5.97 Å². The van der Waals surface area contributed by atoms with Crippen molar-refractivity contribution in [1.29, 1.82) is 0 Å². The summed E-state index contributed by atoms with van der Waals surface area (Å²) >= 11 is 0. The van der Waals surface area contributed by atoms with Gasteiger partial charge in [-0.05, 0) is 31.0 Å². The van der Waals surface area contributed by atoms with Gasteiger partial charge in [-0.2, -0.15) is 0 Å². The second-order valence-corrected chi connectivity index (χ2v) is 6.28. The van der Waals surface area contributed by atoms with E-state index in [1.54, 1.807) is 24.3 Å². The summed E-state index contributed by atoms with van der Waals surface area (Å²) in [4.78, 5) is 24.7. The number of carbonyl (C=O) groups is 2. The standard InChI is InChI=1S/C23H20O3/c1-16-7-11-18(12-8-16)20-5-3-4-6-21(20)23(25)26-15-22(24)19-13-9-17(2)10-14-19/h3-14H,15H2,1-2H3. The molecule has 130 valence electrons. The minimum Gasteiger partial charge on any atom is -0.454 e. The van der Waals surface area contributed by atoms with Crippen LogP contribution in [0.1, 0.15) is 31.8 Å². The highest BCUT2D eigenvalue weighted by atomic mass is 16.5. The van der Waals surface area contributed by atoms with Crippen LogP contribution in [0.15, 0.2) is 72.8 Å². The topological polar surface area (TPSA) is 43.4 Å². The third-order valence-electron chi connectivity index (χ3n) is 4.22. The van der Waals surface area contributed by atoms with Crippen molar-refractivity contribution >= 4 is 11.8 Å². The molecule has 0 spiro atoms. The number of ketones is 1. The predicted octanol–water partition coefficient (Wildman–Crippen LogP) is 5.01. The molecular formula is C23H20O3. The number of benzene rings is 3. The lowest BCUT2D eigenvalue weighted by molar-refractivity contribution is 0.0475. The highest BCUT2D eigenvalue weighted by Gasteiger charge is 2.16. The van der Waals surface area contributed by atoms with Crippen molar-refractivity contribution in [2.45, 2.75) is 13.8 Å². The van der Waals surface area contributed by atoms with Crippen molar-refractivity contribution in [3.05, 3.63) is 95.1 Å². The summed E-state index contributed by atoms with van der Waals surface area (Å²) in [6.07, 6.45) is 0. The van der Waals surface area contributed by atoms with Gasteiger partial charge in [0.15, 0.2) is 12.4 Å². The van der Waals surface area contributed by atoms with E-state index in [1.165, 1.54) is 0 Å². The maximum atomic E-state index is 12.5. The smallest absolute Gasteiger partial charge is 0.339 e. The molecule has 0 saturated carbocycles. The zero-order valence-electron chi connectivity index (χ0n) is 14.9. The van der Waals surface area contributed by atoms with Crippen molar-refractivity contribution in [2.24, 2.45) is 0 Å². The lowest BCUT2D eigenvalue weighted by atomic mass is 9.99. The first kappa shape index (κ1) is 17.6. The van der Waals surface area contributed by atoms with Gasteiger partial charge in [-0.3, -0.25) is 4.79 Å². The third-order valence-corrected chi connectivity index (χ3v) is 4.22. The van der Waals surface area contributed by atoms with E-state index in [0.29, 0.717) is 11.1 Å². The van der Waals surface area contributed by atoms with Crippen LogP contribution < -0.4 is 0 Å². The van der Waals surface area contributed by atoms with Crippen LogP contribution >= 0.6 is 0 Å². The van der Waals surface area contributed by atoms with Gasteiger partial charge in [0.05, 0.1) is 5.56 Å². The molecule has 0 aliphatic carbocycles. The van der Waals surface area contributed by atoms with Crippen molar-refractivity contribution in [3.8, 4) is 11.1 Å². The van der Waals surface area contributed by atoms with E-state index in [4.69, 9.17) is 4.74 Å². The average Bonchev–Trinajstić information content (AvgIpc) is 2.67. The molecule has 26 heavy (non-hydrogen) atoms. The zero-order chi connectivity index (χ0) is 18.5. The predicted molar refractivity (Wildman–Crippen MR) is 102 cm³/mol. The second kappa shape index (κ2) is 7.79. The molecule has 0 aliphatic heterocycles. The van der Waals surface area contributed by atoms with E-state index in [2.05, 4.69) is 0 Å². The summed E-state index contributed by atoms with van der Waals surface area (Å²) < 4.78 is 5.27. The van der Waals surface area contributed by atoms with E-state index >= 15 is 0 Å². The van der Waals surface area contributed by atoms with Gasteiger partial charge in [0, 0.05) is 5.56 Å². The number of hydrogen-bond donors (Lipinski definition) is 0. The molecule has 3 aromatic carbocycles. The molecular weight excluding hydrogens is 324 g/mol. The molecule has 0 amide bonds. The molecule has 0 radical (unpaired) electrons. The van der Waals surface area contributed by atoms with Crippen LogP contribution in [0.25, 0.3) is 11.1 Å². The fourth-order valence-corrected chi connectivity index (χ4v) is 2.68. The van der Waals surface area contributed by atoms with Gasteiger partial charge in [0.25, 0.3) is 0 Å². The van der Waals surface area contributed by atoms with Crippen molar-refractivity contribution in [3.63, 3.8) is 0 Å². The molecule has 3 aromatic rings. The van der Waals surface area contributed by atoms with Crippen LogP contribution in [-0.4, -0.2) is 18.4 Å². The average molecular weight is 344 g/mol. The molecule has 3 rings (SSSR count). The largest absolute Gasteiger partial charge is 0.454 e. The van der Waals surface area contributed by atoms with Gasteiger partial charge in [-0.25, -0.2) is 4.79 Å². The molecule has 0 aliphatic rings. The van der Waals surface area contributed by atoms with E-state index < -0.39 is 5.97 Å². The van der Waals surface area contributed by atoms with Gasteiger partial charge in [-0.15, -0.1) is 0 Å². The Kier molecular flexibility index (Phi) is 5.28. The zero-order valence-corrected chi connectivity index (χ0v) is 14.9. The first-order valence-corrected chi connectivity index (χ1v) is 8.47. The minimum atomic E-state index is -0.498. The molecule has 0 bridgehead atoms. The molecule has 0 saturated heterocycles. The van der Waals surface area contributed by atoms with Crippen LogP contribution in [0.3, 0.4) is 0 Å². The Labute approximate surface area is 153 Å². The summed E-state index contributed by atoms with van der Waals surface area (Å²) in [6, 6.07) is 22.4. The first-order chi connectivity index (χ1) is 12.5. The Balaban J connectivity index is 1.75. The Morgan fingerprint density at radius 3 is 2.00 bits per heavy atom. The van der Waals surface area contributed by atoms with E-state index in [1.807, 2.05) is 62.4 Å². The lowest BCUT2D eigenvalue weighted by Gasteiger charge is -2.10. The molecule has 0 unspecified atom stereocenters. The highest BCUT2D eigenvalue weighted by molar-refractivity contribution is 6.01. The van der Waals surface area contributed by atoms with Crippen LogP contribution in [0.4, 0.5) is 0 Å². The Morgan fingerprint density at radius 2 is 1.35 bits per heavy atom. The van der Waals surface area contributed by atoms with Crippen LogP contribution in [0.5, 0.6) is 0 Å². The van der Waals surface area contributed by atoms with Gasteiger partial charge in [-0.1, -0.05) is 77.9 Å². The van der Waals surface area contributed by atoms with E-state index in [-0.39, 0.29) is 12.4 Å². The van der Waals surface area contributed by atoms with Crippen molar-refractivity contribution in [2.75, 3.05) is 6.61 Å². The third kappa shape index (κ3) is 4.06. The molecule has 3 nitrogen and oxygen atoms in total. The number of aryl methyl sites for hydroxylation is 2. The maximum Gasteiger partial charge on any atom is 0.339 e. The fourth-order valence-electron chi connectivity index (χ4n) is 2.68. The van der Waals surface area contributed by atoms with E-state index in [9.17, 15) is 9.59 Å². The Bertz CT molecular complexity index is 922. The maximum absolute atomic E-state index is 12.5. The number of hydrogen-bond acceptors (Lipinski definition) is 3. The number of carbonyl (C=O) groups excluding carboxylic acids is 2. The molecule has 0 N–H and O–H groups in total. The van der Waals surface area contributed by atoms with Gasteiger partial charge < -0.3 is 4.74 Å². The van der Waals surface area contributed by atoms with Crippen LogP contribution in [-0.2, 0) is 4.74 Å². The Morgan fingerprint density at radius 1 is 0.769 bits per heavy atom.